The number of halogens is 3. The lowest BCUT2D eigenvalue weighted by atomic mass is 9.92. The van der Waals surface area contributed by atoms with E-state index in [-0.39, 0.29) is 18.1 Å². The fourth-order valence-corrected chi connectivity index (χ4v) is 3.71. The summed E-state index contributed by atoms with van der Waals surface area (Å²) >= 11 is 0. The first kappa shape index (κ1) is 21.5. The van der Waals surface area contributed by atoms with Crippen molar-refractivity contribution in [3.63, 3.8) is 0 Å². The second kappa shape index (κ2) is 9.97. The Morgan fingerprint density at radius 1 is 1.19 bits per heavy atom. The first-order chi connectivity index (χ1) is 12.7. The molecule has 7 heteroatoms. The van der Waals surface area contributed by atoms with Gasteiger partial charge < -0.3 is 15.5 Å². The van der Waals surface area contributed by atoms with E-state index in [0.717, 1.165) is 56.4 Å². The Bertz CT molecular complexity index is 596. The molecule has 1 aromatic carbocycles. The number of nitrogens with one attached hydrogen (secondary N) is 2. The van der Waals surface area contributed by atoms with Gasteiger partial charge in [-0.3, -0.25) is 4.79 Å². The van der Waals surface area contributed by atoms with Crippen LogP contribution in [0.4, 0.5) is 18.9 Å². The molecule has 1 amide bonds. The Morgan fingerprint density at radius 2 is 1.89 bits per heavy atom. The zero-order valence-electron chi connectivity index (χ0n) is 16.1. The van der Waals surface area contributed by atoms with E-state index in [1.54, 1.807) is 0 Å². The highest BCUT2D eigenvalue weighted by Gasteiger charge is 2.30. The van der Waals surface area contributed by atoms with Crippen molar-refractivity contribution < 1.29 is 18.0 Å². The maximum Gasteiger partial charge on any atom is 0.416 e. The molecule has 152 valence electrons. The van der Waals surface area contributed by atoms with Gasteiger partial charge in [0.05, 0.1) is 12.1 Å². The lowest BCUT2D eigenvalue weighted by molar-refractivity contribution is -0.137. The number of amides is 1. The molecule has 1 fully saturated rings. The third kappa shape index (κ3) is 7.79. The number of hydrogen-bond donors (Lipinski definition) is 2. The average molecular weight is 385 g/mol. The molecule has 0 aromatic heterocycles. The number of carbonyl (C=O) groups excluding carboxylic acids is 1. The molecule has 0 bridgehead atoms. The third-order valence-electron chi connectivity index (χ3n) is 4.81. The first-order valence-corrected chi connectivity index (χ1v) is 9.64. The molecule has 1 heterocycles. The molecular formula is C20H30F3N3O. The number of benzene rings is 1. The van der Waals surface area contributed by atoms with Crippen LogP contribution in [-0.2, 0) is 11.0 Å². The van der Waals surface area contributed by atoms with Crippen molar-refractivity contribution in [1.29, 1.82) is 0 Å². The van der Waals surface area contributed by atoms with E-state index < -0.39 is 11.7 Å². The summed E-state index contributed by atoms with van der Waals surface area (Å²) in [5.74, 6) is 1.28. The summed E-state index contributed by atoms with van der Waals surface area (Å²) in [6, 6.07) is 4.86. The maximum absolute atomic E-state index is 12.7. The zero-order chi connectivity index (χ0) is 19.9. The minimum Gasteiger partial charge on any atom is -0.376 e. The smallest absolute Gasteiger partial charge is 0.376 e. The van der Waals surface area contributed by atoms with Crippen LogP contribution >= 0.6 is 0 Å². The number of nitrogens with zero attached hydrogens (tertiary/aromatic N) is 1. The average Bonchev–Trinajstić information content (AvgIpc) is 2.58. The Hall–Kier alpha value is -1.76. The van der Waals surface area contributed by atoms with Gasteiger partial charge in [-0.05, 0) is 55.8 Å². The Labute approximate surface area is 159 Å². The monoisotopic (exact) mass is 385 g/mol. The summed E-state index contributed by atoms with van der Waals surface area (Å²) in [6.45, 7) is 8.48. The van der Waals surface area contributed by atoms with E-state index in [1.165, 1.54) is 18.6 Å². The first-order valence-electron chi connectivity index (χ1n) is 9.64. The molecule has 1 aliphatic rings. The highest BCUT2D eigenvalue weighted by Crippen LogP contribution is 2.30. The summed E-state index contributed by atoms with van der Waals surface area (Å²) in [6.07, 6.45) is -1.16. The molecule has 0 radical (unpaired) electrons. The quantitative estimate of drug-likeness (QED) is 0.665. The van der Waals surface area contributed by atoms with Crippen LogP contribution in [-0.4, -0.2) is 43.5 Å². The number of likely N-dealkylation sites (tertiary alicyclic amines) is 1. The van der Waals surface area contributed by atoms with E-state index in [2.05, 4.69) is 29.4 Å². The topological polar surface area (TPSA) is 44.4 Å². The molecule has 27 heavy (non-hydrogen) atoms. The maximum atomic E-state index is 12.7. The molecule has 4 nitrogen and oxygen atoms in total. The number of hydrogen-bond acceptors (Lipinski definition) is 3. The highest BCUT2D eigenvalue weighted by atomic mass is 19.4. The minimum atomic E-state index is -4.39. The number of rotatable bonds is 8. The van der Waals surface area contributed by atoms with Gasteiger partial charge in [-0.15, -0.1) is 0 Å². The second-order valence-electron chi connectivity index (χ2n) is 7.69. The van der Waals surface area contributed by atoms with Crippen LogP contribution in [0.2, 0.25) is 0 Å². The molecule has 1 aromatic rings. The van der Waals surface area contributed by atoms with Crippen molar-refractivity contribution in [1.82, 2.24) is 10.2 Å². The van der Waals surface area contributed by atoms with Gasteiger partial charge >= 0.3 is 6.18 Å². The van der Waals surface area contributed by atoms with E-state index in [9.17, 15) is 18.0 Å². The summed E-state index contributed by atoms with van der Waals surface area (Å²) in [7, 11) is 0. The van der Waals surface area contributed by atoms with E-state index in [1.807, 2.05) is 0 Å². The summed E-state index contributed by atoms with van der Waals surface area (Å²) in [4.78, 5) is 14.3. The number of piperidine rings is 1. The van der Waals surface area contributed by atoms with Crippen molar-refractivity contribution in [2.45, 2.75) is 39.3 Å². The Balaban J connectivity index is 1.60. The summed E-state index contributed by atoms with van der Waals surface area (Å²) in [5, 5.41) is 5.55. The van der Waals surface area contributed by atoms with Crippen molar-refractivity contribution in [2.24, 2.45) is 11.8 Å². The molecule has 0 aliphatic carbocycles. The lowest BCUT2D eigenvalue weighted by Crippen LogP contribution is -2.39. The van der Waals surface area contributed by atoms with Gasteiger partial charge in [-0.1, -0.05) is 19.9 Å². The molecule has 2 unspecified atom stereocenters. The van der Waals surface area contributed by atoms with Crippen LogP contribution in [0, 0.1) is 11.8 Å². The van der Waals surface area contributed by atoms with Gasteiger partial charge in [0.25, 0.3) is 0 Å². The van der Waals surface area contributed by atoms with Crippen molar-refractivity contribution in [3.05, 3.63) is 29.8 Å². The third-order valence-corrected chi connectivity index (χ3v) is 4.81. The number of alkyl halides is 3. The lowest BCUT2D eigenvalue weighted by Gasteiger charge is -2.34. The van der Waals surface area contributed by atoms with Gasteiger partial charge in [-0.2, -0.15) is 13.2 Å². The molecule has 2 rings (SSSR count). The van der Waals surface area contributed by atoms with E-state index in [4.69, 9.17) is 0 Å². The fraction of sp³-hybridized carbons (Fsp3) is 0.650. The van der Waals surface area contributed by atoms with Crippen molar-refractivity contribution in [3.8, 4) is 0 Å². The SMILES string of the molecule is CC1CC(C)CN(CCCCNC(=O)CNc2cccc(C(F)(F)F)c2)C1. The van der Waals surface area contributed by atoms with Crippen LogP contribution in [0.25, 0.3) is 0 Å². The normalized spacial score (nSPS) is 21.1. The standard InChI is InChI=1S/C20H30F3N3O/c1-15-10-16(2)14-26(13-15)9-4-3-8-24-19(27)12-25-18-7-5-6-17(11-18)20(21,22)23/h5-7,11,15-16,25H,3-4,8-10,12-14H2,1-2H3,(H,24,27). The van der Waals surface area contributed by atoms with Gasteiger partial charge in [0.1, 0.15) is 0 Å². The van der Waals surface area contributed by atoms with Crippen LogP contribution in [0.1, 0.15) is 38.7 Å². The van der Waals surface area contributed by atoms with E-state index >= 15 is 0 Å². The molecule has 1 aliphatic heterocycles. The molecule has 2 atom stereocenters. The van der Waals surface area contributed by atoms with Crippen molar-refractivity contribution in [2.75, 3.05) is 38.0 Å². The second-order valence-corrected chi connectivity index (χ2v) is 7.69. The minimum absolute atomic E-state index is 0.0392. The number of anilines is 1. The molecule has 2 N–H and O–H groups in total. The Kier molecular flexibility index (Phi) is 7.95. The number of unbranched alkanes of at least 4 members (excludes halogenated alkanes) is 1. The highest BCUT2D eigenvalue weighted by molar-refractivity contribution is 5.80. The van der Waals surface area contributed by atoms with Crippen LogP contribution in [0.3, 0.4) is 0 Å². The Morgan fingerprint density at radius 3 is 2.56 bits per heavy atom. The van der Waals surface area contributed by atoms with Gasteiger partial charge in [0, 0.05) is 25.3 Å². The fourth-order valence-electron chi connectivity index (χ4n) is 3.71. The van der Waals surface area contributed by atoms with Crippen LogP contribution < -0.4 is 10.6 Å². The largest absolute Gasteiger partial charge is 0.416 e. The van der Waals surface area contributed by atoms with Crippen LogP contribution in [0.15, 0.2) is 24.3 Å². The zero-order valence-corrected chi connectivity index (χ0v) is 16.1. The predicted molar refractivity (Wildman–Crippen MR) is 102 cm³/mol. The molecule has 0 spiro atoms. The molecule has 0 saturated carbocycles. The molecular weight excluding hydrogens is 355 g/mol. The number of carbonyl (C=O) groups is 1. The summed E-state index contributed by atoms with van der Waals surface area (Å²) in [5.41, 5.74) is -0.442. The summed E-state index contributed by atoms with van der Waals surface area (Å²) < 4.78 is 38.0. The predicted octanol–water partition coefficient (Wildman–Crippen LogP) is 3.99. The van der Waals surface area contributed by atoms with Gasteiger partial charge in [0.2, 0.25) is 5.91 Å². The van der Waals surface area contributed by atoms with E-state index in [0.29, 0.717) is 6.54 Å². The van der Waals surface area contributed by atoms with Crippen molar-refractivity contribution >= 4 is 11.6 Å². The van der Waals surface area contributed by atoms with Crippen LogP contribution in [0.5, 0.6) is 0 Å². The van der Waals surface area contributed by atoms with Gasteiger partial charge in [0.15, 0.2) is 0 Å². The van der Waals surface area contributed by atoms with Gasteiger partial charge in [-0.25, -0.2) is 0 Å². The molecule has 1 saturated heterocycles.